The lowest BCUT2D eigenvalue weighted by atomic mass is 10.1. The number of rotatable bonds is 4. The molecule has 28 heavy (non-hydrogen) atoms. The molecule has 0 radical (unpaired) electrons. The van der Waals surface area contributed by atoms with Crippen molar-refractivity contribution in [1.29, 1.82) is 0 Å². The largest absolute Gasteiger partial charge is 0.416 e. The minimum absolute atomic E-state index is 0.0568. The molecular formula is C19H16ClF3N4O. The van der Waals surface area contributed by atoms with Crippen LogP contribution in [0.25, 0.3) is 5.82 Å². The predicted octanol–water partition coefficient (Wildman–Crippen LogP) is 4.74. The van der Waals surface area contributed by atoms with Crippen LogP contribution in [0.1, 0.15) is 40.1 Å². The third kappa shape index (κ3) is 4.01. The highest BCUT2D eigenvalue weighted by atomic mass is 35.5. The van der Waals surface area contributed by atoms with E-state index in [1.807, 2.05) is 13.0 Å². The first-order chi connectivity index (χ1) is 13.2. The maximum Gasteiger partial charge on any atom is 0.416 e. The van der Waals surface area contributed by atoms with Gasteiger partial charge in [0.25, 0.3) is 5.91 Å². The summed E-state index contributed by atoms with van der Waals surface area (Å²) in [5.41, 5.74) is 0.288. The summed E-state index contributed by atoms with van der Waals surface area (Å²) in [6, 6.07) is 7.53. The smallest absolute Gasteiger partial charge is 0.345 e. The Hall–Kier alpha value is -2.87. The van der Waals surface area contributed by atoms with Gasteiger partial charge in [-0.05, 0) is 44.2 Å². The van der Waals surface area contributed by atoms with E-state index >= 15 is 0 Å². The van der Waals surface area contributed by atoms with Gasteiger partial charge in [-0.3, -0.25) is 4.79 Å². The fourth-order valence-corrected chi connectivity index (χ4v) is 2.99. The van der Waals surface area contributed by atoms with Crippen LogP contribution >= 0.6 is 11.6 Å². The summed E-state index contributed by atoms with van der Waals surface area (Å²) in [5.74, 6) is -0.0840. The number of nitrogens with one attached hydrogen (secondary N) is 1. The zero-order valence-corrected chi connectivity index (χ0v) is 15.7. The highest BCUT2D eigenvalue weighted by Gasteiger charge is 2.32. The van der Waals surface area contributed by atoms with Crippen molar-refractivity contribution in [3.05, 3.63) is 76.2 Å². The molecule has 0 bridgehead atoms. The van der Waals surface area contributed by atoms with Crippen molar-refractivity contribution in [2.24, 2.45) is 0 Å². The normalized spacial score (nSPS) is 12.6. The van der Waals surface area contributed by atoms with Crippen LogP contribution in [-0.4, -0.2) is 20.7 Å². The molecule has 1 unspecified atom stereocenters. The second kappa shape index (κ2) is 7.63. The highest BCUT2D eigenvalue weighted by Crippen LogP contribution is 2.32. The number of pyridine rings is 1. The molecule has 0 aliphatic carbocycles. The molecule has 146 valence electrons. The Morgan fingerprint density at radius 2 is 2.00 bits per heavy atom. The Bertz CT molecular complexity index is 1000. The lowest BCUT2D eigenvalue weighted by Crippen LogP contribution is -2.27. The summed E-state index contributed by atoms with van der Waals surface area (Å²) in [5, 5.41) is 6.90. The average Bonchev–Trinajstić information content (AvgIpc) is 3.03. The fourth-order valence-electron chi connectivity index (χ4n) is 2.79. The molecule has 0 saturated carbocycles. The van der Waals surface area contributed by atoms with Crippen LogP contribution < -0.4 is 5.32 Å². The molecule has 0 fully saturated rings. The van der Waals surface area contributed by atoms with Crippen LogP contribution in [0.2, 0.25) is 5.02 Å². The van der Waals surface area contributed by atoms with Gasteiger partial charge in [-0.15, -0.1) is 0 Å². The molecular weight excluding hydrogens is 393 g/mol. The van der Waals surface area contributed by atoms with Gasteiger partial charge in [0.05, 0.1) is 28.4 Å². The summed E-state index contributed by atoms with van der Waals surface area (Å²) in [6.45, 7) is 3.53. The summed E-state index contributed by atoms with van der Waals surface area (Å²) < 4.78 is 40.4. The van der Waals surface area contributed by atoms with Crippen LogP contribution in [0.5, 0.6) is 0 Å². The second-order valence-corrected chi connectivity index (χ2v) is 6.58. The monoisotopic (exact) mass is 408 g/mol. The summed E-state index contributed by atoms with van der Waals surface area (Å²) >= 11 is 5.93. The summed E-state index contributed by atoms with van der Waals surface area (Å²) in [7, 11) is 0. The minimum atomic E-state index is -4.56. The van der Waals surface area contributed by atoms with Crippen molar-refractivity contribution in [2.75, 3.05) is 0 Å². The first-order valence-electron chi connectivity index (χ1n) is 8.32. The van der Waals surface area contributed by atoms with Gasteiger partial charge < -0.3 is 5.32 Å². The van der Waals surface area contributed by atoms with Crippen molar-refractivity contribution in [2.45, 2.75) is 26.1 Å². The quantitative estimate of drug-likeness (QED) is 0.678. The number of nitrogens with zero attached hydrogens (tertiary/aromatic N) is 3. The van der Waals surface area contributed by atoms with E-state index in [2.05, 4.69) is 15.4 Å². The molecule has 0 aliphatic heterocycles. The third-order valence-corrected chi connectivity index (χ3v) is 4.60. The molecule has 2 aromatic heterocycles. The topological polar surface area (TPSA) is 59.8 Å². The van der Waals surface area contributed by atoms with E-state index in [0.29, 0.717) is 11.4 Å². The van der Waals surface area contributed by atoms with E-state index in [9.17, 15) is 18.0 Å². The molecule has 1 aromatic carbocycles. The van der Waals surface area contributed by atoms with Crippen LogP contribution in [0, 0.1) is 6.92 Å². The molecule has 9 heteroatoms. The first kappa shape index (κ1) is 19.9. The molecule has 5 nitrogen and oxygen atoms in total. The lowest BCUT2D eigenvalue weighted by molar-refractivity contribution is -0.137. The molecule has 3 aromatic rings. The number of alkyl halides is 3. The van der Waals surface area contributed by atoms with E-state index in [0.717, 1.165) is 23.9 Å². The average molecular weight is 409 g/mol. The standard InChI is InChI=1S/C19H16ClF3N4O/c1-11(15-10-25-27(12(15)2)17-5-3-4-8-24-17)26-18(28)14-9-13(19(21,22)23)6-7-16(14)20/h3-11H,1-2H3,(H,26,28). The van der Waals surface area contributed by atoms with E-state index in [4.69, 9.17) is 11.6 Å². The van der Waals surface area contributed by atoms with Gasteiger partial charge in [-0.2, -0.15) is 18.3 Å². The van der Waals surface area contributed by atoms with Crippen molar-refractivity contribution >= 4 is 17.5 Å². The van der Waals surface area contributed by atoms with Crippen molar-refractivity contribution < 1.29 is 18.0 Å². The SMILES string of the molecule is Cc1c(C(C)NC(=O)c2cc(C(F)(F)F)ccc2Cl)cnn1-c1ccccn1. The number of hydrogen-bond acceptors (Lipinski definition) is 3. The molecule has 0 spiro atoms. The second-order valence-electron chi connectivity index (χ2n) is 6.17. The number of carbonyl (C=O) groups excluding carboxylic acids is 1. The Kier molecular flexibility index (Phi) is 5.42. The van der Waals surface area contributed by atoms with E-state index < -0.39 is 23.7 Å². The summed E-state index contributed by atoms with van der Waals surface area (Å²) in [4.78, 5) is 16.7. The maximum absolute atomic E-state index is 12.9. The number of hydrogen-bond donors (Lipinski definition) is 1. The van der Waals surface area contributed by atoms with Gasteiger partial charge in [-0.25, -0.2) is 9.67 Å². The number of aromatic nitrogens is 3. The van der Waals surface area contributed by atoms with Gasteiger partial charge in [0.1, 0.15) is 0 Å². The molecule has 1 N–H and O–H groups in total. The van der Waals surface area contributed by atoms with Crippen LogP contribution in [-0.2, 0) is 6.18 Å². The van der Waals surface area contributed by atoms with E-state index in [1.54, 1.807) is 36.1 Å². The summed E-state index contributed by atoms with van der Waals surface area (Å²) in [6.07, 6.45) is -1.34. The van der Waals surface area contributed by atoms with Crippen LogP contribution in [0.4, 0.5) is 13.2 Å². The molecule has 3 rings (SSSR count). The van der Waals surface area contributed by atoms with Gasteiger partial charge in [-0.1, -0.05) is 17.7 Å². The number of halogens is 4. The molecule has 0 aliphatic rings. The zero-order chi connectivity index (χ0) is 20.5. The highest BCUT2D eigenvalue weighted by molar-refractivity contribution is 6.33. The van der Waals surface area contributed by atoms with Crippen LogP contribution in [0.3, 0.4) is 0 Å². The van der Waals surface area contributed by atoms with E-state index in [1.165, 1.54) is 0 Å². The first-order valence-corrected chi connectivity index (χ1v) is 8.70. The Morgan fingerprint density at radius 3 is 2.64 bits per heavy atom. The Labute approximate surface area is 164 Å². The molecule has 2 heterocycles. The van der Waals surface area contributed by atoms with Gasteiger partial charge >= 0.3 is 6.18 Å². The number of benzene rings is 1. The molecule has 1 atom stereocenters. The third-order valence-electron chi connectivity index (χ3n) is 4.27. The Morgan fingerprint density at radius 1 is 1.25 bits per heavy atom. The van der Waals surface area contributed by atoms with Gasteiger partial charge in [0.2, 0.25) is 0 Å². The molecule has 1 amide bonds. The van der Waals surface area contributed by atoms with Crippen molar-refractivity contribution in [1.82, 2.24) is 20.1 Å². The number of amides is 1. The lowest BCUT2D eigenvalue weighted by Gasteiger charge is -2.16. The minimum Gasteiger partial charge on any atom is -0.345 e. The Balaban J connectivity index is 1.83. The fraction of sp³-hybridized carbons (Fsp3) is 0.211. The van der Waals surface area contributed by atoms with E-state index in [-0.39, 0.29) is 10.6 Å². The number of carbonyl (C=O) groups is 1. The zero-order valence-electron chi connectivity index (χ0n) is 15.0. The van der Waals surface area contributed by atoms with Crippen LogP contribution in [0.15, 0.2) is 48.8 Å². The molecule has 0 saturated heterocycles. The van der Waals surface area contributed by atoms with Gasteiger partial charge in [0, 0.05) is 17.5 Å². The van der Waals surface area contributed by atoms with Gasteiger partial charge in [0.15, 0.2) is 5.82 Å². The maximum atomic E-state index is 12.9. The van der Waals surface area contributed by atoms with Crippen molar-refractivity contribution in [3.63, 3.8) is 0 Å². The van der Waals surface area contributed by atoms with Crippen molar-refractivity contribution in [3.8, 4) is 5.82 Å². The predicted molar refractivity (Wildman–Crippen MR) is 98.4 cm³/mol.